The van der Waals surface area contributed by atoms with Crippen molar-refractivity contribution in [2.75, 3.05) is 12.9 Å². The Morgan fingerprint density at radius 1 is 0.552 bits per heavy atom. The summed E-state index contributed by atoms with van der Waals surface area (Å²) in [5, 5.41) is 0. The largest absolute Gasteiger partial charge is 0.270 e. The van der Waals surface area contributed by atoms with Crippen molar-refractivity contribution >= 4 is 10.1 Å². The third-order valence-corrected chi connectivity index (χ3v) is 6.58. The molecule has 0 radical (unpaired) electrons. The van der Waals surface area contributed by atoms with Crippen LogP contribution in [0.4, 0.5) is 0 Å². The first-order valence-corrected chi connectivity index (χ1v) is 14.7. The minimum absolute atomic E-state index is 0.344. The van der Waals surface area contributed by atoms with Gasteiger partial charge in [0.1, 0.15) is 0 Å². The molecule has 29 heavy (non-hydrogen) atoms. The Bertz CT molecular complexity index is 408. The molecular weight excluding hydrogens is 380 g/mol. The van der Waals surface area contributed by atoms with Crippen molar-refractivity contribution < 1.29 is 12.6 Å². The van der Waals surface area contributed by atoms with Crippen molar-refractivity contribution in [1.29, 1.82) is 0 Å². The zero-order valence-electron chi connectivity index (χ0n) is 20.1. The van der Waals surface area contributed by atoms with Crippen LogP contribution in [-0.4, -0.2) is 21.3 Å². The lowest BCUT2D eigenvalue weighted by molar-refractivity contribution is 0.309. The van der Waals surface area contributed by atoms with Gasteiger partial charge in [-0.1, -0.05) is 136 Å². The van der Waals surface area contributed by atoms with E-state index < -0.39 is 10.1 Å². The molecule has 0 unspecified atom stereocenters. The Balaban J connectivity index is 3.58. The second-order valence-corrected chi connectivity index (χ2v) is 10.7. The molecule has 0 aliphatic rings. The molecule has 0 amide bonds. The van der Waals surface area contributed by atoms with E-state index in [4.69, 9.17) is 4.18 Å². The summed E-state index contributed by atoms with van der Waals surface area (Å²) in [7, 11) is -3.26. The number of rotatable bonds is 23. The molecule has 0 bridgehead atoms. The van der Waals surface area contributed by atoms with Gasteiger partial charge in [0.05, 0.1) is 12.9 Å². The van der Waals surface area contributed by atoms with E-state index in [1.807, 2.05) is 0 Å². The zero-order chi connectivity index (χ0) is 21.6. The molecule has 176 valence electrons. The first kappa shape index (κ1) is 28.9. The normalized spacial score (nSPS) is 12.1. The summed E-state index contributed by atoms with van der Waals surface area (Å²) in [6.45, 7) is 4.95. The predicted octanol–water partition coefficient (Wildman–Crippen LogP) is 8.42. The highest BCUT2D eigenvalue weighted by molar-refractivity contribution is 7.85. The number of hydrogen-bond acceptors (Lipinski definition) is 3. The molecule has 4 heteroatoms. The third-order valence-electron chi connectivity index (χ3n) is 5.99. The Morgan fingerprint density at radius 2 is 0.897 bits per heavy atom. The van der Waals surface area contributed by atoms with Crippen LogP contribution in [0.1, 0.15) is 142 Å². The van der Waals surface area contributed by atoms with Gasteiger partial charge in [0, 0.05) is 0 Å². The van der Waals surface area contributed by atoms with Gasteiger partial charge < -0.3 is 0 Å². The van der Waals surface area contributed by atoms with Gasteiger partial charge >= 0.3 is 0 Å². The fourth-order valence-corrected chi connectivity index (χ4v) is 4.56. The van der Waals surface area contributed by atoms with Crippen LogP contribution in [0.5, 0.6) is 0 Å². The van der Waals surface area contributed by atoms with E-state index >= 15 is 0 Å². The maximum Gasteiger partial charge on any atom is 0.264 e. The van der Waals surface area contributed by atoms with Crippen LogP contribution in [0.3, 0.4) is 0 Å². The third kappa shape index (κ3) is 24.1. The maximum atomic E-state index is 10.9. The molecule has 0 saturated carbocycles. The molecule has 0 aromatic rings. The highest BCUT2D eigenvalue weighted by Crippen LogP contribution is 2.24. The van der Waals surface area contributed by atoms with Crippen LogP contribution in [-0.2, 0) is 14.3 Å². The maximum absolute atomic E-state index is 10.9. The van der Waals surface area contributed by atoms with E-state index in [0.717, 1.165) is 25.0 Å². The minimum Gasteiger partial charge on any atom is -0.270 e. The molecule has 0 N–H and O–H groups in total. The van der Waals surface area contributed by atoms with Gasteiger partial charge in [-0.25, -0.2) is 0 Å². The molecule has 0 fully saturated rings. The Hall–Kier alpha value is -0.0900. The van der Waals surface area contributed by atoms with Crippen molar-refractivity contribution in [2.45, 2.75) is 142 Å². The summed E-state index contributed by atoms with van der Waals surface area (Å²) in [6, 6.07) is 0. The fourth-order valence-electron chi connectivity index (χ4n) is 4.14. The van der Waals surface area contributed by atoms with E-state index in [9.17, 15) is 8.42 Å². The summed E-state index contributed by atoms with van der Waals surface area (Å²) in [4.78, 5) is 0. The molecule has 0 heterocycles. The monoisotopic (exact) mass is 432 g/mol. The van der Waals surface area contributed by atoms with Gasteiger partial charge in [0.15, 0.2) is 0 Å². The molecule has 0 aliphatic carbocycles. The van der Waals surface area contributed by atoms with E-state index in [1.54, 1.807) is 0 Å². The van der Waals surface area contributed by atoms with Gasteiger partial charge in [0.2, 0.25) is 0 Å². The first-order valence-electron chi connectivity index (χ1n) is 12.8. The Kier molecular flexibility index (Phi) is 21.1. The van der Waals surface area contributed by atoms with E-state index in [0.29, 0.717) is 6.61 Å². The first-order chi connectivity index (χ1) is 14.0. The van der Waals surface area contributed by atoms with E-state index in [-0.39, 0.29) is 0 Å². The summed E-state index contributed by atoms with van der Waals surface area (Å²) in [5.41, 5.74) is 0. The molecule has 0 aromatic carbocycles. The van der Waals surface area contributed by atoms with Gasteiger partial charge in [-0.05, 0) is 12.3 Å². The average Bonchev–Trinajstić information content (AvgIpc) is 2.67. The van der Waals surface area contributed by atoms with Gasteiger partial charge in [-0.3, -0.25) is 4.18 Å². The molecule has 0 spiro atoms. The quantitative estimate of drug-likeness (QED) is 0.120. The average molecular weight is 433 g/mol. The second-order valence-electron chi connectivity index (χ2n) is 9.06. The topological polar surface area (TPSA) is 43.4 Å². The molecule has 3 nitrogen and oxygen atoms in total. The van der Waals surface area contributed by atoms with Crippen LogP contribution in [0.2, 0.25) is 0 Å². The molecule has 0 rings (SSSR count). The van der Waals surface area contributed by atoms with Crippen molar-refractivity contribution in [3.8, 4) is 0 Å². The van der Waals surface area contributed by atoms with Crippen LogP contribution in [0.15, 0.2) is 0 Å². The summed E-state index contributed by atoms with van der Waals surface area (Å²) in [6.07, 6.45) is 28.1. The molecule has 0 aliphatic heterocycles. The lowest BCUT2D eigenvalue weighted by atomic mass is 9.89. The van der Waals surface area contributed by atoms with Crippen LogP contribution >= 0.6 is 0 Å². The molecule has 0 aromatic heterocycles. The summed E-state index contributed by atoms with van der Waals surface area (Å²) in [5.74, 6) is 0.984. The highest BCUT2D eigenvalue weighted by atomic mass is 32.2. The summed E-state index contributed by atoms with van der Waals surface area (Å²) < 4.78 is 26.5. The number of unbranched alkanes of at least 4 members (excludes halogenated alkanes) is 14. The predicted molar refractivity (Wildman–Crippen MR) is 128 cm³/mol. The lowest BCUT2D eigenvalue weighted by Crippen LogP contribution is -2.03. The zero-order valence-corrected chi connectivity index (χ0v) is 20.9. The van der Waals surface area contributed by atoms with Gasteiger partial charge in [-0.15, -0.1) is 0 Å². The number of hydrogen-bond donors (Lipinski definition) is 0. The fraction of sp³-hybridized carbons (Fsp3) is 1.00. The standard InChI is InChI=1S/C25H52O3S/c1-4-6-8-17-21-25(22-18-9-7-5-2)23-19-15-13-11-10-12-14-16-20-24-28-29(3,26)27/h25H,4-24H2,1-3H3. The van der Waals surface area contributed by atoms with Gasteiger partial charge in [-0.2, -0.15) is 8.42 Å². The minimum atomic E-state index is -3.26. The van der Waals surface area contributed by atoms with E-state index in [2.05, 4.69) is 13.8 Å². The Labute approximate surface area is 183 Å². The van der Waals surface area contributed by atoms with Crippen LogP contribution in [0.25, 0.3) is 0 Å². The van der Waals surface area contributed by atoms with Crippen molar-refractivity contribution in [3.05, 3.63) is 0 Å². The highest BCUT2D eigenvalue weighted by Gasteiger charge is 2.08. The van der Waals surface area contributed by atoms with Gasteiger partial charge in [0.25, 0.3) is 10.1 Å². The van der Waals surface area contributed by atoms with Crippen molar-refractivity contribution in [3.63, 3.8) is 0 Å². The van der Waals surface area contributed by atoms with E-state index in [1.165, 1.54) is 116 Å². The smallest absolute Gasteiger partial charge is 0.264 e. The van der Waals surface area contributed by atoms with Crippen LogP contribution in [0, 0.1) is 5.92 Å². The lowest BCUT2D eigenvalue weighted by Gasteiger charge is -2.17. The molecular formula is C25H52O3S. The van der Waals surface area contributed by atoms with Crippen LogP contribution < -0.4 is 0 Å². The molecule has 0 atom stereocenters. The second kappa shape index (κ2) is 21.2. The van der Waals surface area contributed by atoms with Crippen molar-refractivity contribution in [2.24, 2.45) is 5.92 Å². The van der Waals surface area contributed by atoms with Crippen molar-refractivity contribution in [1.82, 2.24) is 0 Å². The summed E-state index contributed by atoms with van der Waals surface area (Å²) >= 11 is 0. The Morgan fingerprint density at radius 3 is 1.28 bits per heavy atom. The molecule has 0 saturated heterocycles. The SMILES string of the molecule is CCCCCCC(CCCCCC)CCCCCCCCCCCOS(C)(=O)=O.